The second kappa shape index (κ2) is 10.1. The Balaban J connectivity index is 0.00000261. The first-order valence-electron chi connectivity index (χ1n) is 10.0. The molecule has 2 aliphatic rings. The van der Waals surface area contributed by atoms with Crippen LogP contribution in [0, 0.1) is 11.8 Å². The Labute approximate surface area is 168 Å². The third-order valence-corrected chi connectivity index (χ3v) is 5.86. The van der Waals surface area contributed by atoms with E-state index in [9.17, 15) is 9.59 Å². The number of amides is 2. The number of hydrogen-bond acceptors (Lipinski definition) is 3. The van der Waals surface area contributed by atoms with Crippen LogP contribution in [0.2, 0.25) is 0 Å². The first-order valence-corrected chi connectivity index (χ1v) is 10.0. The van der Waals surface area contributed by atoms with E-state index in [0.717, 1.165) is 45.1 Å². The molecule has 0 radical (unpaired) electrons. The Morgan fingerprint density at radius 1 is 1.19 bits per heavy atom. The zero-order valence-corrected chi connectivity index (χ0v) is 17.0. The molecule has 2 fully saturated rings. The monoisotopic (exact) mass is 393 g/mol. The van der Waals surface area contributed by atoms with Crippen molar-refractivity contribution in [1.29, 1.82) is 0 Å². The Morgan fingerprint density at radius 3 is 2.63 bits per heavy atom. The number of carbonyl (C=O) groups excluding carboxylic acids is 2. The molecule has 0 bridgehead atoms. The highest BCUT2D eigenvalue weighted by Gasteiger charge is 2.29. The van der Waals surface area contributed by atoms with E-state index in [4.69, 9.17) is 5.73 Å². The van der Waals surface area contributed by atoms with E-state index >= 15 is 0 Å². The van der Waals surface area contributed by atoms with Crippen molar-refractivity contribution in [3.05, 3.63) is 29.8 Å². The van der Waals surface area contributed by atoms with Gasteiger partial charge in [0.05, 0.1) is 0 Å². The highest BCUT2D eigenvalue weighted by molar-refractivity contribution is 5.98. The number of rotatable bonds is 4. The van der Waals surface area contributed by atoms with Gasteiger partial charge in [0.2, 0.25) is 5.91 Å². The smallest absolute Gasteiger partial charge is 0.254 e. The van der Waals surface area contributed by atoms with E-state index in [2.05, 4.69) is 12.2 Å². The molecule has 1 heterocycles. The lowest BCUT2D eigenvalue weighted by atomic mass is 9.88. The van der Waals surface area contributed by atoms with Crippen LogP contribution in [-0.4, -0.2) is 35.8 Å². The van der Waals surface area contributed by atoms with Gasteiger partial charge in [0.1, 0.15) is 0 Å². The van der Waals surface area contributed by atoms with Gasteiger partial charge in [-0.15, -0.1) is 12.4 Å². The minimum Gasteiger partial charge on any atom is -0.334 e. The number of likely N-dealkylation sites (tertiary alicyclic amines) is 1. The lowest BCUT2D eigenvalue weighted by Gasteiger charge is -2.38. The van der Waals surface area contributed by atoms with Crippen LogP contribution in [0.25, 0.3) is 0 Å². The molecule has 3 rings (SSSR count). The molecular weight excluding hydrogens is 362 g/mol. The van der Waals surface area contributed by atoms with Crippen molar-refractivity contribution in [2.45, 2.75) is 57.9 Å². The summed E-state index contributed by atoms with van der Waals surface area (Å²) in [6.45, 7) is 3.46. The molecule has 2 unspecified atom stereocenters. The summed E-state index contributed by atoms with van der Waals surface area (Å²) >= 11 is 0. The average Bonchev–Trinajstić information content (AvgIpc) is 2.68. The van der Waals surface area contributed by atoms with E-state index in [1.807, 2.05) is 23.1 Å². The topological polar surface area (TPSA) is 75.4 Å². The molecule has 1 aliphatic carbocycles. The Hall–Kier alpha value is -1.59. The van der Waals surface area contributed by atoms with Crippen LogP contribution >= 0.6 is 12.4 Å². The molecule has 1 saturated heterocycles. The largest absolute Gasteiger partial charge is 0.334 e. The van der Waals surface area contributed by atoms with Gasteiger partial charge >= 0.3 is 0 Å². The van der Waals surface area contributed by atoms with Crippen LogP contribution in [0.3, 0.4) is 0 Å². The van der Waals surface area contributed by atoms with Crippen molar-refractivity contribution in [2.75, 3.05) is 18.4 Å². The number of halogens is 1. The van der Waals surface area contributed by atoms with E-state index in [-0.39, 0.29) is 36.2 Å². The van der Waals surface area contributed by atoms with Gasteiger partial charge in [0, 0.05) is 36.3 Å². The number of piperidine rings is 1. The lowest BCUT2D eigenvalue weighted by molar-refractivity contribution is -0.120. The van der Waals surface area contributed by atoms with Crippen LogP contribution < -0.4 is 11.1 Å². The molecule has 3 N–H and O–H groups in total. The zero-order valence-electron chi connectivity index (χ0n) is 16.2. The summed E-state index contributed by atoms with van der Waals surface area (Å²) in [5.41, 5.74) is 7.23. The predicted octanol–water partition coefficient (Wildman–Crippen LogP) is 3.83. The van der Waals surface area contributed by atoms with Crippen LogP contribution in [-0.2, 0) is 4.79 Å². The number of carbonyl (C=O) groups is 2. The van der Waals surface area contributed by atoms with E-state index < -0.39 is 0 Å². The molecule has 2 atom stereocenters. The van der Waals surface area contributed by atoms with Crippen LogP contribution in [0.1, 0.15) is 62.2 Å². The molecular formula is C21H32ClN3O2. The third-order valence-electron chi connectivity index (χ3n) is 5.86. The van der Waals surface area contributed by atoms with Gasteiger partial charge in [-0.2, -0.15) is 0 Å². The summed E-state index contributed by atoms with van der Waals surface area (Å²) in [7, 11) is 0. The molecule has 1 aromatic carbocycles. The van der Waals surface area contributed by atoms with Crippen LogP contribution in [0.4, 0.5) is 5.69 Å². The van der Waals surface area contributed by atoms with E-state index in [1.54, 1.807) is 6.07 Å². The summed E-state index contributed by atoms with van der Waals surface area (Å²) in [4.78, 5) is 27.3. The molecule has 150 valence electrons. The van der Waals surface area contributed by atoms with Crippen molar-refractivity contribution in [3.8, 4) is 0 Å². The SMILES string of the molecule is CC1CCN(C(=O)c2cccc(NC(=O)C3CCCCC3)c2)C(CN)C1.Cl. The van der Waals surface area contributed by atoms with Crippen molar-refractivity contribution >= 4 is 29.9 Å². The molecule has 1 saturated carbocycles. The number of nitrogens with zero attached hydrogens (tertiary/aromatic N) is 1. The molecule has 27 heavy (non-hydrogen) atoms. The second-order valence-corrected chi connectivity index (χ2v) is 7.92. The molecule has 0 spiro atoms. The summed E-state index contributed by atoms with van der Waals surface area (Å²) in [5, 5.41) is 3.01. The van der Waals surface area contributed by atoms with Gasteiger partial charge in [-0.05, 0) is 49.8 Å². The average molecular weight is 394 g/mol. The standard InChI is InChI=1S/C21H31N3O2.ClH/c1-15-10-11-24(19(12-15)14-22)21(26)17-8-5-9-18(13-17)23-20(25)16-6-3-2-4-7-16;/h5,8-9,13,15-16,19H,2-4,6-7,10-12,14,22H2,1H3,(H,23,25);1H. The molecule has 2 amide bonds. The number of benzene rings is 1. The number of anilines is 1. The maximum absolute atomic E-state index is 13.0. The minimum absolute atomic E-state index is 0. The molecule has 6 heteroatoms. The third kappa shape index (κ3) is 5.45. The lowest BCUT2D eigenvalue weighted by Crippen LogP contribution is -2.49. The van der Waals surface area contributed by atoms with Crippen molar-refractivity contribution < 1.29 is 9.59 Å². The fourth-order valence-corrected chi connectivity index (χ4v) is 4.25. The summed E-state index contributed by atoms with van der Waals surface area (Å²) in [6, 6.07) is 7.43. The zero-order chi connectivity index (χ0) is 18.5. The van der Waals surface area contributed by atoms with Crippen molar-refractivity contribution in [1.82, 2.24) is 4.90 Å². The van der Waals surface area contributed by atoms with Gasteiger partial charge in [0.25, 0.3) is 5.91 Å². The molecule has 1 aromatic rings. The number of hydrogen-bond donors (Lipinski definition) is 2. The van der Waals surface area contributed by atoms with Gasteiger partial charge in [-0.3, -0.25) is 9.59 Å². The van der Waals surface area contributed by atoms with Gasteiger partial charge in [0.15, 0.2) is 0 Å². The van der Waals surface area contributed by atoms with Crippen LogP contribution in [0.5, 0.6) is 0 Å². The van der Waals surface area contributed by atoms with E-state index in [0.29, 0.717) is 23.7 Å². The minimum atomic E-state index is 0. The molecule has 1 aliphatic heterocycles. The summed E-state index contributed by atoms with van der Waals surface area (Å²) < 4.78 is 0. The first-order chi connectivity index (χ1) is 12.6. The Kier molecular flexibility index (Phi) is 8.11. The van der Waals surface area contributed by atoms with Crippen LogP contribution in [0.15, 0.2) is 24.3 Å². The fourth-order valence-electron chi connectivity index (χ4n) is 4.25. The predicted molar refractivity (Wildman–Crippen MR) is 111 cm³/mol. The second-order valence-electron chi connectivity index (χ2n) is 7.92. The number of nitrogens with two attached hydrogens (primary N) is 1. The van der Waals surface area contributed by atoms with Gasteiger partial charge < -0.3 is 16.0 Å². The summed E-state index contributed by atoms with van der Waals surface area (Å²) in [6.07, 6.45) is 7.39. The summed E-state index contributed by atoms with van der Waals surface area (Å²) in [5.74, 6) is 0.809. The Morgan fingerprint density at radius 2 is 1.93 bits per heavy atom. The molecule has 0 aromatic heterocycles. The highest BCUT2D eigenvalue weighted by Crippen LogP contribution is 2.26. The Bertz CT molecular complexity index is 646. The van der Waals surface area contributed by atoms with Gasteiger partial charge in [-0.1, -0.05) is 32.3 Å². The van der Waals surface area contributed by atoms with Gasteiger partial charge in [-0.25, -0.2) is 0 Å². The molecule has 5 nitrogen and oxygen atoms in total. The van der Waals surface area contributed by atoms with Crippen molar-refractivity contribution in [3.63, 3.8) is 0 Å². The highest BCUT2D eigenvalue weighted by atomic mass is 35.5. The first kappa shape index (κ1) is 21.7. The fraction of sp³-hybridized carbons (Fsp3) is 0.619. The maximum atomic E-state index is 13.0. The quantitative estimate of drug-likeness (QED) is 0.816. The normalized spacial score (nSPS) is 23.4. The van der Waals surface area contributed by atoms with E-state index in [1.165, 1.54) is 6.42 Å². The number of nitrogens with one attached hydrogen (secondary N) is 1. The van der Waals surface area contributed by atoms with Crippen molar-refractivity contribution in [2.24, 2.45) is 17.6 Å². The maximum Gasteiger partial charge on any atom is 0.254 e.